The molecule has 1 fully saturated rings. The van der Waals surface area contributed by atoms with E-state index in [1.165, 1.54) is 41.8 Å². The number of hydrogen-bond donors (Lipinski definition) is 1. The third-order valence-electron chi connectivity index (χ3n) is 4.04. The Balaban J connectivity index is 1.99. The number of piperidine rings is 1. The lowest BCUT2D eigenvalue weighted by molar-refractivity contribution is 0.110. The Morgan fingerprint density at radius 1 is 1.45 bits per heavy atom. The summed E-state index contributed by atoms with van der Waals surface area (Å²) in [4.78, 5) is 6.27. The van der Waals surface area contributed by atoms with Crippen molar-refractivity contribution < 1.29 is 0 Å². The fraction of sp³-hybridized carbons (Fsp3) is 0.733. The molecule has 2 atom stereocenters. The number of hydrogen-bond acceptors (Lipinski definition) is 4. The van der Waals surface area contributed by atoms with Crippen LogP contribution in [-0.2, 0) is 0 Å². The lowest BCUT2D eigenvalue weighted by Gasteiger charge is -2.39. The Morgan fingerprint density at radius 3 is 2.55 bits per heavy atom. The highest BCUT2D eigenvalue weighted by atomic mass is 79.9. The third-order valence-corrected chi connectivity index (χ3v) is 5.81. The Labute approximate surface area is 135 Å². The van der Waals surface area contributed by atoms with Gasteiger partial charge in [-0.25, -0.2) is 0 Å². The molecule has 2 heterocycles. The van der Waals surface area contributed by atoms with Crippen molar-refractivity contribution in [2.24, 2.45) is 11.7 Å². The maximum atomic E-state index is 6.27. The molecular weight excluding hydrogens is 334 g/mol. The van der Waals surface area contributed by atoms with Gasteiger partial charge in [-0.15, -0.1) is 11.3 Å². The van der Waals surface area contributed by atoms with Crippen molar-refractivity contribution in [1.82, 2.24) is 9.80 Å². The van der Waals surface area contributed by atoms with Crippen LogP contribution in [0.15, 0.2) is 15.9 Å². The molecule has 0 bridgehead atoms. The number of rotatable bonds is 5. The van der Waals surface area contributed by atoms with Crippen LogP contribution in [0.2, 0.25) is 0 Å². The molecule has 2 rings (SSSR count). The van der Waals surface area contributed by atoms with E-state index in [-0.39, 0.29) is 6.04 Å². The molecule has 0 radical (unpaired) electrons. The average Bonchev–Trinajstić information content (AvgIpc) is 2.77. The van der Waals surface area contributed by atoms with Crippen LogP contribution < -0.4 is 5.73 Å². The number of thiophene rings is 1. The van der Waals surface area contributed by atoms with Crippen LogP contribution in [0.1, 0.15) is 30.7 Å². The van der Waals surface area contributed by atoms with Crippen LogP contribution >= 0.6 is 27.3 Å². The summed E-state index contributed by atoms with van der Waals surface area (Å²) in [6.45, 7) is 5.67. The molecule has 2 unspecified atom stereocenters. The Morgan fingerprint density at radius 2 is 2.10 bits per heavy atom. The molecule has 5 heteroatoms. The average molecular weight is 360 g/mol. The number of likely N-dealkylation sites (tertiary alicyclic amines) is 1. The van der Waals surface area contributed by atoms with E-state index in [0.29, 0.717) is 6.04 Å². The normalized spacial score (nSPS) is 21.3. The van der Waals surface area contributed by atoms with Crippen molar-refractivity contribution in [3.8, 4) is 0 Å². The largest absolute Gasteiger partial charge is 0.326 e. The first-order valence-corrected chi connectivity index (χ1v) is 9.03. The zero-order chi connectivity index (χ0) is 14.7. The van der Waals surface area contributed by atoms with Gasteiger partial charge in [0.25, 0.3) is 0 Å². The minimum Gasteiger partial charge on any atom is -0.326 e. The van der Waals surface area contributed by atoms with Crippen molar-refractivity contribution in [3.05, 3.63) is 20.8 Å². The van der Waals surface area contributed by atoms with E-state index < -0.39 is 0 Å². The second-order valence-electron chi connectivity index (χ2n) is 6.21. The minimum absolute atomic E-state index is 0.172. The molecular formula is C15H26BrN3S. The summed E-state index contributed by atoms with van der Waals surface area (Å²) in [7, 11) is 4.33. The van der Waals surface area contributed by atoms with E-state index in [1.807, 2.05) is 11.3 Å². The molecule has 0 saturated carbocycles. The highest BCUT2D eigenvalue weighted by molar-refractivity contribution is 9.10. The van der Waals surface area contributed by atoms with Crippen molar-refractivity contribution in [3.63, 3.8) is 0 Å². The predicted octanol–water partition coefficient (Wildman–Crippen LogP) is 3.17. The molecule has 0 aromatic carbocycles. The molecule has 0 aliphatic carbocycles. The van der Waals surface area contributed by atoms with Crippen LogP contribution in [0.3, 0.4) is 0 Å². The zero-order valence-corrected chi connectivity index (χ0v) is 15.1. The number of nitrogens with zero attached hydrogens (tertiary/aromatic N) is 2. The van der Waals surface area contributed by atoms with Crippen LogP contribution in [0.4, 0.5) is 0 Å². The smallest absolute Gasteiger partial charge is 0.0591 e. The fourth-order valence-electron chi connectivity index (χ4n) is 3.19. The monoisotopic (exact) mass is 359 g/mol. The molecule has 1 aliphatic heterocycles. The lowest BCUT2D eigenvalue weighted by Crippen LogP contribution is -2.44. The number of nitrogens with two attached hydrogens (primary N) is 1. The van der Waals surface area contributed by atoms with Crippen LogP contribution in [0.25, 0.3) is 0 Å². The molecule has 1 aliphatic rings. The molecule has 1 aromatic rings. The Kier molecular flexibility index (Phi) is 6.05. The second kappa shape index (κ2) is 7.36. The first-order chi connectivity index (χ1) is 9.47. The topological polar surface area (TPSA) is 32.5 Å². The summed E-state index contributed by atoms with van der Waals surface area (Å²) in [5, 5.41) is 2.16. The fourth-order valence-corrected chi connectivity index (χ4v) is 4.88. The molecule has 0 spiro atoms. The van der Waals surface area contributed by atoms with Gasteiger partial charge in [0, 0.05) is 27.3 Å². The van der Waals surface area contributed by atoms with Crippen molar-refractivity contribution >= 4 is 27.3 Å². The molecule has 2 N–H and O–H groups in total. The van der Waals surface area contributed by atoms with Gasteiger partial charge in [0.05, 0.1) is 6.04 Å². The van der Waals surface area contributed by atoms with Crippen LogP contribution in [0, 0.1) is 5.92 Å². The summed E-state index contributed by atoms with van der Waals surface area (Å²) in [5.74, 6) is 0.838. The van der Waals surface area contributed by atoms with Crippen LogP contribution in [-0.4, -0.2) is 49.6 Å². The van der Waals surface area contributed by atoms with Gasteiger partial charge in [-0.1, -0.05) is 0 Å². The van der Waals surface area contributed by atoms with Gasteiger partial charge in [-0.05, 0) is 74.9 Å². The summed E-state index contributed by atoms with van der Waals surface area (Å²) >= 11 is 5.37. The lowest BCUT2D eigenvalue weighted by atomic mass is 9.94. The minimum atomic E-state index is 0.172. The van der Waals surface area contributed by atoms with E-state index in [2.05, 4.69) is 58.2 Å². The Hall–Kier alpha value is 0.0600. The zero-order valence-electron chi connectivity index (χ0n) is 12.7. The van der Waals surface area contributed by atoms with E-state index in [0.717, 1.165) is 5.92 Å². The second-order valence-corrected chi connectivity index (χ2v) is 8.07. The standard InChI is InChI=1S/C15H26BrN3S/c1-11(17)15(14-8-13(16)10-20-14)19-6-4-12(5-7-19)9-18(2)3/h8,10-12,15H,4-7,9,17H2,1-3H3. The molecule has 1 aromatic heterocycles. The van der Waals surface area contributed by atoms with Crippen molar-refractivity contribution in [2.75, 3.05) is 33.7 Å². The maximum Gasteiger partial charge on any atom is 0.0591 e. The van der Waals surface area contributed by atoms with E-state index >= 15 is 0 Å². The third kappa shape index (κ3) is 4.28. The SMILES string of the molecule is CC(N)C(c1cc(Br)cs1)N1CCC(CN(C)C)CC1. The van der Waals surface area contributed by atoms with Gasteiger partial charge >= 0.3 is 0 Å². The van der Waals surface area contributed by atoms with Gasteiger partial charge in [0.15, 0.2) is 0 Å². The summed E-state index contributed by atoms with van der Waals surface area (Å²) in [6, 6.07) is 2.77. The van der Waals surface area contributed by atoms with E-state index in [1.54, 1.807) is 0 Å². The summed E-state index contributed by atoms with van der Waals surface area (Å²) in [5.41, 5.74) is 6.27. The molecule has 3 nitrogen and oxygen atoms in total. The molecule has 1 saturated heterocycles. The highest BCUT2D eigenvalue weighted by Gasteiger charge is 2.29. The first kappa shape index (κ1) is 16.4. The van der Waals surface area contributed by atoms with E-state index in [9.17, 15) is 0 Å². The first-order valence-electron chi connectivity index (χ1n) is 7.35. The van der Waals surface area contributed by atoms with Gasteiger partial charge in [-0.2, -0.15) is 0 Å². The summed E-state index contributed by atoms with van der Waals surface area (Å²) in [6.07, 6.45) is 2.57. The summed E-state index contributed by atoms with van der Waals surface area (Å²) < 4.78 is 1.17. The van der Waals surface area contributed by atoms with Crippen molar-refractivity contribution in [1.29, 1.82) is 0 Å². The van der Waals surface area contributed by atoms with E-state index in [4.69, 9.17) is 5.73 Å². The predicted molar refractivity (Wildman–Crippen MR) is 91.3 cm³/mol. The van der Waals surface area contributed by atoms with Crippen LogP contribution in [0.5, 0.6) is 0 Å². The molecule has 0 amide bonds. The van der Waals surface area contributed by atoms with Gasteiger partial charge in [-0.3, -0.25) is 4.90 Å². The van der Waals surface area contributed by atoms with Gasteiger partial charge in [0.2, 0.25) is 0 Å². The van der Waals surface area contributed by atoms with Gasteiger partial charge < -0.3 is 10.6 Å². The quantitative estimate of drug-likeness (QED) is 0.876. The molecule has 20 heavy (non-hydrogen) atoms. The van der Waals surface area contributed by atoms with Gasteiger partial charge in [0.1, 0.15) is 0 Å². The van der Waals surface area contributed by atoms with Crippen molar-refractivity contribution in [2.45, 2.75) is 31.8 Å². The number of halogens is 1. The molecule has 114 valence electrons. The Bertz CT molecular complexity index is 411. The maximum absolute atomic E-state index is 6.27. The highest BCUT2D eigenvalue weighted by Crippen LogP contribution is 2.33.